The summed E-state index contributed by atoms with van der Waals surface area (Å²) in [4.78, 5) is -0.284. The minimum atomic E-state index is -4.38. The number of phenolic OH excluding ortho intramolecular Hbond substituents is 1. The molecule has 19 heavy (non-hydrogen) atoms. The van der Waals surface area contributed by atoms with E-state index in [-0.39, 0.29) is 16.0 Å². The van der Waals surface area contributed by atoms with Crippen molar-refractivity contribution in [3.63, 3.8) is 0 Å². The lowest BCUT2D eigenvalue weighted by atomic mass is 10.0. The molecule has 0 bridgehead atoms. The van der Waals surface area contributed by atoms with Gasteiger partial charge in [-0.3, -0.25) is 4.55 Å². The van der Waals surface area contributed by atoms with Crippen LogP contribution in [0.3, 0.4) is 0 Å². The third kappa shape index (κ3) is 1.83. The van der Waals surface area contributed by atoms with Gasteiger partial charge < -0.3 is 5.11 Å². The monoisotopic (exact) mass is 274 g/mol. The van der Waals surface area contributed by atoms with Crippen molar-refractivity contribution in [3.8, 4) is 5.75 Å². The van der Waals surface area contributed by atoms with Gasteiger partial charge in [0, 0.05) is 10.8 Å². The van der Waals surface area contributed by atoms with Crippen molar-refractivity contribution in [3.05, 3.63) is 48.5 Å². The maximum atomic E-state index is 11.4. The second-order valence-corrected chi connectivity index (χ2v) is 5.67. The van der Waals surface area contributed by atoms with Crippen molar-refractivity contribution in [2.45, 2.75) is 4.90 Å². The summed E-state index contributed by atoms with van der Waals surface area (Å²) >= 11 is 0. The molecular weight excluding hydrogens is 264 g/mol. The first-order valence-electron chi connectivity index (χ1n) is 5.59. The lowest BCUT2D eigenvalue weighted by Crippen LogP contribution is -1.99. The minimum Gasteiger partial charge on any atom is -0.507 e. The lowest BCUT2D eigenvalue weighted by Gasteiger charge is -2.09. The molecule has 0 aromatic heterocycles. The Bertz CT molecular complexity index is 898. The highest BCUT2D eigenvalue weighted by Crippen LogP contribution is 2.37. The predicted octanol–water partition coefficient (Wildman–Crippen LogP) is 2.95. The van der Waals surface area contributed by atoms with E-state index in [1.165, 1.54) is 12.1 Å². The summed E-state index contributed by atoms with van der Waals surface area (Å²) in [6.45, 7) is 0. The molecule has 4 nitrogen and oxygen atoms in total. The first kappa shape index (κ1) is 12.0. The Kier molecular flexibility index (Phi) is 2.48. The van der Waals surface area contributed by atoms with Crippen LogP contribution in [0, 0.1) is 0 Å². The molecule has 0 atom stereocenters. The third-order valence-electron chi connectivity index (χ3n) is 3.10. The third-order valence-corrected chi connectivity index (χ3v) is 4.00. The van der Waals surface area contributed by atoms with E-state index in [0.29, 0.717) is 10.8 Å². The van der Waals surface area contributed by atoms with E-state index in [1.807, 2.05) is 12.1 Å². The Balaban J connectivity index is 2.60. The standard InChI is InChI=1S/C14H10O4S/c15-14-11-6-2-1-4-9(11)8-10-5-3-7-12(13(10)14)19(16,17)18/h1-8,15H,(H,16,17,18). The van der Waals surface area contributed by atoms with Crippen LogP contribution in [0.2, 0.25) is 0 Å². The van der Waals surface area contributed by atoms with Gasteiger partial charge in [-0.15, -0.1) is 0 Å². The second kappa shape index (κ2) is 3.94. The Labute approximate surface area is 109 Å². The lowest BCUT2D eigenvalue weighted by molar-refractivity contribution is 0.477. The van der Waals surface area contributed by atoms with Gasteiger partial charge in [0.15, 0.2) is 0 Å². The molecule has 0 saturated heterocycles. The maximum absolute atomic E-state index is 11.4. The first-order valence-corrected chi connectivity index (χ1v) is 7.03. The topological polar surface area (TPSA) is 74.6 Å². The second-order valence-electron chi connectivity index (χ2n) is 4.28. The summed E-state index contributed by atoms with van der Waals surface area (Å²) in [5.41, 5.74) is 0. The molecule has 3 aromatic rings. The molecule has 0 fully saturated rings. The van der Waals surface area contributed by atoms with Gasteiger partial charge >= 0.3 is 0 Å². The highest BCUT2D eigenvalue weighted by molar-refractivity contribution is 7.86. The number of benzene rings is 3. The van der Waals surface area contributed by atoms with Crippen LogP contribution in [0.25, 0.3) is 21.5 Å². The van der Waals surface area contributed by atoms with Gasteiger partial charge in [-0.25, -0.2) is 0 Å². The maximum Gasteiger partial charge on any atom is 0.295 e. The highest BCUT2D eigenvalue weighted by atomic mass is 32.2. The molecule has 3 aromatic carbocycles. The van der Waals surface area contributed by atoms with Crippen LogP contribution in [0.5, 0.6) is 5.75 Å². The number of hydrogen-bond acceptors (Lipinski definition) is 3. The highest BCUT2D eigenvalue weighted by Gasteiger charge is 2.18. The van der Waals surface area contributed by atoms with E-state index in [9.17, 15) is 18.1 Å². The Morgan fingerprint density at radius 1 is 0.895 bits per heavy atom. The minimum absolute atomic E-state index is 0.138. The van der Waals surface area contributed by atoms with E-state index in [0.717, 1.165) is 5.39 Å². The molecule has 0 aliphatic rings. The average Bonchev–Trinajstić information content (AvgIpc) is 2.37. The quantitative estimate of drug-likeness (QED) is 0.528. The van der Waals surface area contributed by atoms with Crippen LogP contribution in [-0.4, -0.2) is 18.1 Å². The van der Waals surface area contributed by atoms with Crippen LogP contribution < -0.4 is 0 Å². The molecule has 96 valence electrons. The molecule has 0 unspecified atom stereocenters. The number of aromatic hydroxyl groups is 1. The smallest absolute Gasteiger partial charge is 0.295 e. The molecule has 0 radical (unpaired) electrons. The van der Waals surface area contributed by atoms with Gasteiger partial charge in [-0.2, -0.15) is 8.42 Å². The van der Waals surface area contributed by atoms with E-state index < -0.39 is 10.1 Å². The fourth-order valence-corrected chi connectivity index (χ4v) is 3.00. The molecule has 0 amide bonds. The van der Waals surface area contributed by atoms with E-state index >= 15 is 0 Å². The van der Waals surface area contributed by atoms with E-state index in [4.69, 9.17) is 0 Å². The van der Waals surface area contributed by atoms with Gasteiger partial charge in [0.05, 0.1) is 0 Å². The summed E-state index contributed by atoms with van der Waals surface area (Å²) in [7, 11) is -4.38. The van der Waals surface area contributed by atoms with Crippen molar-refractivity contribution in [1.82, 2.24) is 0 Å². The zero-order valence-electron chi connectivity index (χ0n) is 9.74. The summed E-state index contributed by atoms with van der Waals surface area (Å²) < 4.78 is 32.0. The summed E-state index contributed by atoms with van der Waals surface area (Å²) in [6.07, 6.45) is 0. The Hall–Kier alpha value is -2.11. The molecule has 0 saturated carbocycles. The van der Waals surface area contributed by atoms with Crippen molar-refractivity contribution in [1.29, 1.82) is 0 Å². The summed E-state index contributed by atoms with van der Waals surface area (Å²) in [6, 6.07) is 13.4. The van der Waals surface area contributed by atoms with Crippen LogP contribution in [0.1, 0.15) is 0 Å². The summed E-state index contributed by atoms with van der Waals surface area (Å²) in [5.74, 6) is -0.138. The van der Waals surface area contributed by atoms with Crippen molar-refractivity contribution in [2.24, 2.45) is 0 Å². The number of hydrogen-bond donors (Lipinski definition) is 2. The normalized spacial score (nSPS) is 12.1. The molecule has 0 aliphatic carbocycles. The molecular formula is C14H10O4S. The van der Waals surface area contributed by atoms with Crippen LogP contribution >= 0.6 is 0 Å². The number of rotatable bonds is 1. The van der Waals surface area contributed by atoms with Crippen LogP contribution in [0.15, 0.2) is 53.4 Å². The van der Waals surface area contributed by atoms with Gasteiger partial charge in [0.1, 0.15) is 10.6 Å². The predicted molar refractivity (Wildman–Crippen MR) is 72.9 cm³/mol. The van der Waals surface area contributed by atoms with E-state index in [1.54, 1.807) is 24.3 Å². The Morgan fingerprint density at radius 2 is 1.58 bits per heavy atom. The van der Waals surface area contributed by atoms with Crippen LogP contribution in [-0.2, 0) is 10.1 Å². The largest absolute Gasteiger partial charge is 0.507 e. The van der Waals surface area contributed by atoms with Gasteiger partial charge in [0.25, 0.3) is 10.1 Å². The van der Waals surface area contributed by atoms with Crippen LogP contribution in [0.4, 0.5) is 0 Å². The first-order chi connectivity index (χ1) is 8.98. The molecule has 0 heterocycles. The zero-order chi connectivity index (χ0) is 13.6. The molecule has 3 rings (SSSR count). The molecule has 0 aliphatic heterocycles. The van der Waals surface area contributed by atoms with Crippen molar-refractivity contribution < 1.29 is 18.1 Å². The van der Waals surface area contributed by atoms with Gasteiger partial charge in [-0.1, -0.05) is 36.4 Å². The fourth-order valence-electron chi connectivity index (χ4n) is 2.28. The van der Waals surface area contributed by atoms with Crippen molar-refractivity contribution in [2.75, 3.05) is 0 Å². The molecule has 2 N–H and O–H groups in total. The Morgan fingerprint density at radius 3 is 2.32 bits per heavy atom. The fraction of sp³-hybridized carbons (Fsp3) is 0. The number of fused-ring (bicyclic) bond motifs is 2. The average molecular weight is 274 g/mol. The molecule has 5 heteroatoms. The van der Waals surface area contributed by atoms with Gasteiger partial charge in [0.2, 0.25) is 0 Å². The zero-order valence-corrected chi connectivity index (χ0v) is 10.6. The van der Waals surface area contributed by atoms with E-state index in [2.05, 4.69) is 0 Å². The van der Waals surface area contributed by atoms with Crippen molar-refractivity contribution >= 4 is 31.7 Å². The summed E-state index contributed by atoms with van der Waals surface area (Å²) in [5, 5.41) is 12.3. The SMILES string of the molecule is O=S(=O)(O)c1cccc2cc3ccccc3c(O)c12. The number of phenols is 1. The van der Waals surface area contributed by atoms with Gasteiger partial charge in [-0.05, 0) is 22.9 Å². The molecule has 0 spiro atoms.